The van der Waals surface area contributed by atoms with E-state index in [0.717, 1.165) is 13.1 Å². The summed E-state index contributed by atoms with van der Waals surface area (Å²) in [7, 11) is 0. The molecule has 0 fully saturated rings. The van der Waals surface area contributed by atoms with Gasteiger partial charge in [0, 0.05) is 43.5 Å². The largest absolute Gasteiger partial charge is 0.354 e. The number of hydrogen-bond acceptors (Lipinski definition) is 2. The molecule has 4 heteroatoms. The molecule has 0 spiro atoms. The number of rotatable bonds is 6. The zero-order valence-electron chi connectivity index (χ0n) is 16.3. The van der Waals surface area contributed by atoms with Crippen molar-refractivity contribution in [3.8, 4) is 0 Å². The third kappa shape index (κ3) is 4.02. The number of benzene rings is 2. The molecule has 1 aliphatic rings. The smallest absolute Gasteiger partial charge is 0.234 e. The number of hydrogen-bond donors (Lipinski definition) is 1. The second-order valence-electron chi connectivity index (χ2n) is 7.45. The van der Waals surface area contributed by atoms with Crippen LogP contribution in [0.5, 0.6) is 0 Å². The summed E-state index contributed by atoms with van der Waals surface area (Å²) in [5, 5.41) is 3.18. The Labute approximate surface area is 166 Å². The van der Waals surface area contributed by atoms with Crippen molar-refractivity contribution in [2.45, 2.75) is 25.4 Å². The molecule has 1 aromatic heterocycles. The van der Waals surface area contributed by atoms with Crippen LogP contribution in [0.3, 0.4) is 0 Å². The van der Waals surface area contributed by atoms with Crippen LogP contribution in [-0.4, -0.2) is 35.0 Å². The Bertz CT molecular complexity index is 864. The van der Waals surface area contributed by atoms with Gasteiger partial charge in [-0.25, -0.2) is 0 Å². The maximum Gasteiger partial charge on any atom is 0.234 e. The van der Waals surface area contributed by atoms with Crippen molar-refractivity contribution in [2.24, 2.45) is 0 Å². The first-order valence-electron chi connectivity index (χ1n) is 9.98. The van der Waals surface area contributed by atoms with Crippen molar-refractivity contribution in [2.75, 3.05) is 19.6 Å². The van der Waals surface area contributed by atoms with E-state index in [-0.39, 0.29) is 17.9 Å². The molecule has 0 radical (unpaired) electrons. The maximum atomic E-state index is 12.7. The van der Waals surface area contributed by atoms with Gasteiger partial charge < -0.3 is 9.88 Å². The number of nitrogens with zero attached hydrogens (tertiary/aromatic N) is 2. The molecule has 0 saturated heterocycles. The summed E-state index contributed by atoms with van der Waals surface area (Å²) in [4.78, 5) is 15.0. The average Bonchev–Trinajstić information content (AvgIpc) is 3.22. The van der Waals surface area contributed by atoms with Crippen LogP contribution in [0, 0.1) is 0 Å². The quantitative estimate of drug-likeness (QED) is 0.713. The molecule has 4 rings (SSSR count). The van der Waals surface area contributed by atoms with Gasteiger partial charge >= 0.3 is 0 Å². The highest BCUT2D eigenvalue weighted by atomic mass is 16.2. The van der Waals surface area contributed by atoms with Crippen molar-refractivity contribution in [1.82, 2.24) is 14.8 Å². The van der Waals surface area contributed by atoms with E-state index in [0.29, 0.717) is 13.1 Å². The molecule has 2 aromatic carbocycles. The molecular weight excluding hydrogens is 346 g/mol. The lowest BCUT2D eigenvalue weighted by molar-refractivity contribution is -0.123. The van der Waals surface area contributed by atoms with Crippen LogP contribution in [0.15, 0.2) is 79.0 Å². The first-order chi connectivity index (χ1) is 13.7. The number of fused-ring (bicyclic) bond motifs is 1. The van der Waals surface area contributed by atoms with E-state index in [1.807, 2.05) is 12.1 Å². The zero-order chi connectivity index (χ0) is 19.3. The summed E-state index contributed by atoms with van der Waals surface area (Å²) in [6, 6.07) is 25.3. The van der Waals surface area contributed by atoms with Crippen LogP contribution in [-0.2, 0) is 11.3 Å². The topological polar surface area (TPSA) is 37.3 Å². The lowest BCUT2D eigenvalue weighted by Gasteiger charge is -2.34. The molecule has 1 amide bonds. The highest BCUT2D eigenvalue weighted by Gasteiger charge is 2.25. The Kier molecular flexibility index (Phi) is 5.58. The van der Waals surface area contributed by atoms with Crippen LogP contribution >= 0.6 is 0 Å². The Morgan fingerprint density at radius 3 is 2.25 bits per heavy atom. The lowest BCUT2D eigenvalue weighted by Crippen LogP contribution is -2.43. The Balaban J connectivity index is 1.41. The molecular formula is C24H27N3O. The van der Waals surface area contributed by atoms with Crippen molar-refractivity contribution in [3.63, 3.8) is 0 Å². The summed E-state index contributed by atoms with van der Waals surface area (Å²) >= 11 is 0. The molecule has 1 atom stereocenters. The van der Waals surface area contributed by atoms with E-state index in [1.54, 1.807) is 0 Å². The minimum absolute atomic E-state index is 0.0868. The predicted molar refractivity (Wildman–Crippen MR) is 112 cm³/mol. The summed E-state index contributed by atoms with van der Waals surface area (Å²) in [6.45, 7) is 5.05. The van der Waals surface area contributed by atoms with Gasteiger partial charge in [-0.3, -0.25) is 9.69 Å². The molecule has 0 aliphatic carbocycles. The van der Waals surface area contributed by atoms with Gasteiger partial charge in [0.25, 0.3) is 0 Å². The van der Waals surface area contributed by atoms with Gasteiger partial charge in [-0.15, -0.1) is 0 Å². The average molecular weight is 374 g/mol. The van der Waals surface area contributed by atoms with E-state index in [1.165, 1.54) is 16.8 Å². The second-order valence-corrected chi connectivity index (χ2v) is 7.45. The molecule has 0 unspecified atom stereocenters. The molecule has 4 nitrogen and oxygen atoms in total. The monoisotopic (exact) mass is 373 g/mol. The van der Waals surface area contributed by atoms with Crippen LogP contribution < -0.4 is 5.32 Å². The highest BCUT2D eigenvalue weighted by Crippen LogP contribution is 2.25. The molecule has 0 saturated carbocycles. The van der Waals surface area contributed by atoms with Crippen molar-refractivity contribution >= 4 is 5.91 Å². The molecule has 28 heavy (non-hydrogen) atoms. The van der Waals surface area contributed by atoms with Crippen LogP contribution in [0.25, 0.3) is 0 Å². The first-order valence-corrected chi connectivity index (χ1v) is 9.98. The van der Waals surface area contributed by atoms with Gasteiger partial charge in [-0.05, 0) is 30.2 Å². The van der Waals surface area contributed by atoms with Gasteiger partial charge in [0.2, 0.25) is 5.91 Å². The number of amides is 1. The Hall–Kier alpha value is -2.85. The van der Waals surface area contributed by atoms with Gasteiger partial charge in [0.15, 0.2) is 0 Å². The van der Waals surface area contributed by atoms with E-state index in [4.69, 9.17) is 0 Å². The maximum absolute atomic E-state index is 12.7. The van der Waals surface area contributed by atoms with Gasteiger partial charge in [0.1, 0.15) is 0 Å². The summed E-state index contributed by atoms with van der Waals surface area (Å²) in [5.74, 6) is 0.242. The van der Waals surface area contributed by atoms with Crippen LogP contribution in [0.1, 0.15) is 35.7 Å². The van der Waals surface area contributed by atoms with Crippen LogP contribution in [0.2, 0.25) is 0 Å². The lowest BCUT2D eigenvalue weighted by atomic mass is 9.91. The molecule has 0 bridgehead atoms. The van der Waals surface area contributed by atoms with E-state index in [9.17, 15) is 4.79 Å². The molecule has 3 aromatic rings. The first kappa shape index (κ1) is 18.5. The van der Waals surface area contributed by atoms with Crippen molar-refractivity contribution in [1.29, 1.82) is 0 Å². The minimum atomic E-state index is 0.0868. The summed E-state index contributed by atoms with van der Waals surface area (Å²) in [5.41, 5.74) is 3.72. The fourth-order valence-corrected chi connectivity index (χ4v) is 4.10. The van der Waals surface area contributed by atoms with Gasteiger partial charge in [-0.2, -0.15) is 0 Å². The van der Waals surface area contributed by atoms with Crippen molar-refractivity contribution < 1.29 is 4.79 Å². The van der Waals surface area contributed by atoms with E-state index >= 15 is 0 Å². The zero-order valence-corrected chi connectivity index (χ0v) is 16.3. The van der Waals surface area contributed by atoms with Crippen LogP contribution in [0.4, 0.5) is 0 Å². The fraction of sp³-hybridized carbons (Fsp3) is 0.292. The molecule has 1 N–H and O–H groups in total. The van der Waals surface area contributed by atoms with Gasteiger partial charge in [-0.1, -0.05) is 60.7 Å². The Morgan fingerprint density at radius 2 is 1.61 bits per heavy atom. The third-order valence-corrected chi connectivity index (χ3v) is 5.72. The number of carbonyl (C=O) groups excluding carboxylic acids is 1. The Morgan fingerprint density at radius 1 is 0.964 bits per heavy atom. The normalized spacial score (nSPS) is 16.7. The van der Waals surface area contributed by atoms with E-state index < -0.39 is 0 Å². The number of aromatic nitrogens is 1. The molecule has 1 aliphatic heterocycles. The molecule has 2 heterocycles. The number of nitrogens with one attached hydrogen (secondary N) is 1. The summed E-state index contributed by atoms with van der Waals surface area (Å²) in [6.07, 6.45) is 2.12. The SMILES string of the molecule is C[C@H]1c2cccn2CCN1CC(=O)NCC(c1ccccc1)c1ccccc1. The third-order valence-electron chi connectivity index (χ3n) is 5.72. The number of carbonyl (C=O) groups is 1. The minimum Gasteiger partial charge on any atom is -0.354 e. The highest BCUT2D eigenvalue weighted by molar-refractivity contribution is 5.78. The predicted octanol–water partition coefficient (Wildman–Crippen LogP) is 3.81. The fourth-order valence-electron chi connectivity index (χ4n) is 4.10. The molecule has 144 valence electrons. The standard InChI is InChI=1S/C24H27N3O/c1-19-23-13-8-14-26(23)15-16-27(19)18-24(28)25-17-22(20-9-4-2-5-10-20)21-11-6-3-7-12-21/h2-14,19,22H,15-18H2,1H3,(H,25,28)/t19-/m0/s1. The van der Waals surface area contributed by atoms with E-state index in [2.05, 4.69) is 88.6 Å². The summed E-state index contributed by atoms with van der Waals surface area (Å²) < 4.78 is 2.28. The van der Waals surface area contributed by atoms with Crippen molar-refractivity contribution in [3.05, 3.63) is 95.8 Å². The second kappa shape index (κ2) is 8.44. The van der Waals surface area contributed by atoms with Gasteiger partial charge in [0.05, 0.1) is 6.54 Å².